The number of hydrogen-bond acceptors (Lipinski definition) is 4. The molecule has 0 aliphatic carbocycles. The Morgan fingerprint density at radius 1 is 1.32 bits per heavy atom. The summed E-state index contributed by atoms with van der Waals surface area (Å²) < 4.78 is 1.40. The van der Waals surface area contributed by atoms with E-state index in [0.717, 1.165) is 0 Å². The summed E-state index contributed by atoms with van der Waals surface area (Å²) in [6.07, 6.45) is 1.53. The van der Waals surface area contributed by atoms with Crippen molar-refractivity contribution in [1.29, 1.82) is 0 Å². The van der Waals surface area contributed by atoms with Gasteiger partial charge in [0.05, 0.1) is 6.20 Å². The minimum absolute atomic E-state index is 0.138. The van der Waals surface area contributed by atoms with Gasteiger partial charge in [0.25, 0.3) is 5.91 Å². The first-order valence-electron chi connectivity index (χ1n) is 5.75. The highest BCUT2D eigenvalue weighted by molar-refractivity contribution is 5.94. The predicted molar refractivity (Wildman–Crippen MR) is 69.6 cm³/mol. The lowest BCUT2D eigenvalue weighted by atomic mass is 9.96. The Morgan fingerprint density at radius 3 is 2.58 bits per heavy atom. The Labute approximate surface area is 109 Å². The zero-order chi connectivity index (χ0) is 14.2. The molecule has 3 N–H and O–H groups in total. The molecule has 2 amide bonds. The van der Waals surface area contributed by atoms with Crippen molar-refractivity contribution < 1.29 is 9.59 Å². The van der Waals surface area contributed by atoms with Gasteiger partial charge in [0, 0.05) is 5.41 Å². The van der Waals surface area contributed by atoms with E-state index >= 15 is 0 Å². The molecule has 19 heavy (non-hydrogen) atoms. The van der Waals surface area contributed by atoms with E-state index in [1.54, 1.807) is 6.07 Å². The van der Waals surface area contributed by atoms with Crippen molar-refractivity contribution in [2.75, 3.05) is 5.32 Å². The van der Waals surface area contributed by atoms with Crippen molar-refractivity contribution in [3.05, 3.63) is 24.0 Å². The van der Waals surface area contributed by atoms with Gasteiger partial charge >= 0.3 is 0 Å². The molecule has 2 heterocycles. The molecule has 2 aromatic heterocycles. The van der Waals surface area contributed by atoms with Crippen molar-refractivity contribution in [1.82, 2.24) is 14.6 Å². The van der Waals surface area contributed by atoms with Gasteiger partial charge in [-0.15, -0.1) is 0 Å². The molecule has 2 aromatic rings. The molecule has 0 radical (unpaired) electrons. The van der Waals surface area contributed by atoms with Crippen LogP contribution in [0.4, 0.5) is 5.82 Å². The third kappa shape index (κ3) is 2.70. The first-order chi connectivity index (χ1) is 8.77. The molecule has 0 aromatic carbocycles. The van der Waals surface area contributed by atoms with Crippen molar-refractivity contribution in [2.45, 2.75) is 20.8 Å². The third-order valence-corrected chi connectivity index (χ3v) is 2.50. The molecule has 0 fully saturated rings. The van der Waals surface area contributed by atoms with Crippen LogP contribution in [-0.4, -0.2) is 26.4 Å². The number of fused-ring (bicyclic) bond motifs is 1. The Hall–Kier alpha value is -2.44. The molecular weight excluding hydrogens is 246 g/mol. The van der Waals surface area contributed by atoms with E-state index in [4.69, 9.17) is 5.73 Å². The summed E-state index contributed by atoms with van der Waals surface area (Å²) in [5.41, 5.74) is 5.29. The fraction of sp³-hybridized carbons (Fsp3) is 0.333. The average Bonchev–Trinajstić information content (AvgIpc) is 2.68. The topological polar surface area (TPSA) is 102 Å². The molecule has 0 bridgehead atoms. The number of amides is 2. The number of aromatic nitrogens is 3. The third-order valence-electron chi connectivity index (χ3n) is 2.50. The van der Waals surface area contributed by atoms with Gasteiger partial charge in [-0.25, -0.2) is 9.50 Å². The highest BCUT2D eigenvalue weighted by atomic mass is 16.2. The van der Waals surface area contributed by atoms with Gasteiger partial charge < -0.3 is 11.1 Å². The number of carbonyl (C=O) groups is 2. The second-order valence-corrected chi connectivity index (χ2v) is 5.22. The Kier molecular flexibility index (Phi) is 2.97. The van der Waals surface area contributed by atoms with Crippen LogP contribution >= 0.6 is 0 Å². The lowest BCUT2D eigenvalue weighted by Crippen LogP contribution is -2.27. The van der Waals surface area contributed by atoms with Gasteiger partial charge in [-0.2, -0.15) is 5.10 Å². The van der Waals surface area contributed by atoms with E-state index in [0.29, 0.717) is 11.5 Å². The van der Waals surface area contributed by atoms with Gasteiger partial charge in [0.1, 0.15) is 5.69 Å². The molecule has 0 saturated heterocycles. The van der Waals surface area contributed by atoms with Gasteiger partial charge in [-0.1, -0.05) is 20.8 Å². The maximum atomic E-state index is 11.8. The van der Waals surface area contributed by atoms with E-state index in [9.17, 15) is 9.59 Å². The first kappa shape index (κ1) is 13.0. The molecule has 7 heteroatoms. The van der Waals surface area contributed by atoms with Crippen LogP contribution in [0, 0.1) is 5.41 Å². The fourth-order valence-corrected chi connectivity index (χ4v) is 1.38. The Morgan fingerprint density at radius 2 is 2.00 bits per heavy atom. The molecule has 0 aliphatic rings. The van der Waals surface area contributed by atoms with Gasteiger partial charge in [0.15, 0.2) is 11.5 Å². The van der Waals surface area contributed by atoms with Crippen molar-refractivity contribution in [2.24, 2.45) is 11.1 Å². The van der Waals surface area contributed by atoms with Crippen LogP contribution < -0.4 is 11.1 Å². The lowest BCUT2D eigenvalue weighted by Gasteiger charge is -2.15. The molecule has 100 valence electrons. The van der Waals surface area contributed by atoms with Crippen LogP contribution in [0.1, 0.15) is 31.3 Å². The number of nitrogens with two attached hydrogens (primary N) is 1. The highest BCUT2D eigenvalue weighted by Gasteiger charge is 2.22. The summed E-state index contributed by atoms with van der Waals surface area (Å²) >= 11 is 0. The monoisotopic (exact) mass is 261 g/mol. The summed E-state index contributed by atoms with van der Waals surface area (Å²) in [5, 5.41) is 6.69. The maximum Gasteiger partial charge on any atom is 0.269 e. The number of rotatable bonds is 2. The largest absolute Gasteiger partial charge is 0.364 e. The van der Waals surface area contributed by atoms with Crippen LogP contribution in [0.2, 0.25) is 0 Å². The summed E-state index contributed by atoms with van der Waals surface area (Å²) in [6, 6.07) is 3.10. The molecule has 0 saturated carbocycles. The molecule has 0 atom stereocenters. The fourth-order valence-electron chi connectivity index (χ4n) is 1.38. The number of hydrogen-bond donors (Lipinski definition) is 2. The maximum absolute atomic E-state index is 11.8. The number of carbonyl (C=O) groups excluding carboxylic acids is 2. The van der Waals surface area contributed by atoms with E-state index < -0.39 is 11.3 Å². The van der Waals surface area contributed by atoms with Crippen LogP contribution in [-0.2, 0) is 4.79 Å². The van der Waals surface area contributed by atoms with E-state index in [2.05, 4.69) is 15.4 Å². The molecule has 2 rings (SSSR count). The van der Waals surface area contributed by atoms with Crippen LogP contribution in [0.25, 0.3) is 5.65 Å². The van der Waals surface area contributed by atoms with Gasteiger partial charge in [-0.05, 0) is 12.1 Å². The van der Waals surface area contributed by atoms with Crippen LogP contribution in [0.15, 0.2) is 18.3 Å². The zero-order valence-electron chi connectivity index (χ0n) is 11.0. The summed E-state index contributed by atoms with van der Waals surface area (Å²) in [7, 11) is 0. The number of primary amides is 1. The van der Waals surface area contributed by atoms with Crippen LogP contribution in [0.3, 0.4) is 0 Å². The first-order valence-corrected chi connectivity index (χ1v) is 5.75. The number of nitrogens with one attached hydrogen (secondary N) is 1. The normalized spacial score (nSPS) is 11.5. The standard InChI is InChI=1S/C12H15N5O2/c1-12(2,3)11(19)15-8-6-17-9(14-8)5-4-7(16-17)10(13)18/h4-6H,1-3H3,(H2,13,18)(H,15,19). The second kappa shape index (κ2) is 4.34. The van der Waals surface area contributed by atoms with Crippen molar-refractivity contribution in [3.8, 4) is 0 Å². The van der Waals surface area contributed by atoms with Gasteiger partial charge in [-0.3, -0.25) is 9.59 Å². The quantitative estimate of drug-likeness (QED) is 0.835. The average molecular weight is 261 g/mol. The Balaban J connectivity index is 2.32. The highest BCUT2D eigenvalue weighted by Crippen LogP contribution is 2.17. The van der Waals surface area contributed by atoms with Crippen LogP contribution in [0.5, 0.6) is 0 Å². The molecule has 0 unspecified atom stereocenters. The van der Waals surface area contributed by atoms with E-state index in [1.807, 2.05) is 20.8 Å². The summed E-state index contributed by atoms with van der Waals surface area (Å²) in [4.78, 5) is 27.0. The van der Waals surface area contributed by atoms with E-state index in [1.165, 1.54) is 16.8 Å². The predicted octanol–water partition coefficient (Wildman–Crippen LogP) is 0.813. The number of anilines is 1. The van der Waals surface area contributed by atoms with Gasteiger partial charge in [0.2, 0.25) is 5.91 Å². The molecule has 0 spiro atoms. The van der Waals surface area contributed by atoms with Crippen molar-refractivity contribution in [3.63, 3.8) is 0 Å². The van der Waals surface area contributed by atoms with E-state index in [-0.39, 0.29) is 11.6 Å². The number of nitrogens with zero attached hydrogens (tertiary/aromatic N) is 3. The molecule has 7 nitrogen and oxygen atoms in total. The summed E-state index contributed by atoms with van der Waals surface area (Å²) in [5.74, 6) is -0.379. The SMILES string of the molecule is CC(C)(C)C(=O)Nc1cn2nc(C(N)=O)ccc2n1. The zero-order valence-corrected chi connectivity index (χ0v) is 11.0. The molecule has 0 aliphatic heterocycles. The minimum Gasteiger partial charge on any atom is -0.364 e. The lowest BCUT2D eigenvalue weighted by molar-refractivity contribution is -0.123. The molecular formula is C12H15N5O2. The van der Waals surface area contributed by atoms with Crippen molar-refractivity contribution >= 4 is 23.3 Å². The smallest absolute Gasteiger partial charge is 0.269 e. The number of imidazole rings is 1. The Bertz CT molecular complexity index is 654. The second-order valence-electron chi connectivity index (χ2n) is 5.22. The minimum atomic E-state index is -0.615. The summed E-state index contributed by atoms with van der Waals surface area (Å²) in [6.45, 7) is 5.42.